The van der Waals surface area contributed by atoms with Gasteiger partial charge in [-0.15, -0.1) is 0 Å². The van der Waals surface area contributed by atoms with Crippen LogP contribution in [0.15, 0.2) is 150 Å². The predicted molar refractivity (Wildman–Crippen MR) is 156 cm³/mol. The smallest absolute Gasteiger partial charge is 1.00 e. The van der Waals surface area contributed by atoms with E-state index in [4.69, 9.17) is 24.4 Å². The van der Waals surface area contributed by atoms with Crippen LogP contribution >= 0.6 is 0 Å². The first-order valence-corrected chi connectivity index (χ1v) is 13.5. The van der Waals surface area contributed by atoms with Crippen LogP contribution in [-0.4, -0.2) is 16.8 Å². The van der Waals surface area contributed by atoms with Crippen molar-refractivity contribution >= 4 is 11.8 Å². The average Bonchev–Trinajstić information content (AvgIpc) is 3.69. The van der Waals surface area contributed by atoms with Crippen LogP contribution in [-0.2, 0) is 28.0 Å². The van der Waals surface area contributed by atoms with E-state index in [9.17, 15) is 0 Å². The van der Waals surface area contributed by atoms with Crippen molar-refractivity contribution in [3.8, 4) is 0 Å². The zero-order valence-corrected chi connectivity index (χ0v) is 25.9. The second-order valence-electron chi connectivity index (χ2n) is 9.89. The van der Waals surface area contributed by atoms with Gasteiger partial charge in [-0.05, 0) is 34.4 Å². The fraction of sp³-hybridized carbons (Fsp3) is 0.114. The maximum Gasteiger partial charge on any atom is 2.00 e. The van der Waals surface area contributed by atoms with Gasteiger partial charge in [0, 0.05) is 0 Å². The molecule has 1 radical (unpaired) electrons. The van der Waals surface area contributed by atoms with E-state index in [0.29, 0.717) is 23.2 Å². The third kappa shape index (κ3) is 6.71. The zero-order valence-electron chi connectivity index (χ0n) is 22.9. The minimum absolute atomic E-state index is 0. The number of ether oxygens (including phenoxy) is 2. The van der Waals surface area contributed by atoms with Crippen LogP contribution in [0.1, 0.15) is 57.9 Å². The molecule has 0 N–H and O–H groups in total. The topological polar surface area (TPSA) is 56.1 Å². The number of hydrogen-bond donors (Lipinski definition) is 0. The summed E-state index contributed by atoms with van der Waals surface area (Å²) in [5.74, 6) is 1.03. The van der Waals surface area contributed by atoms with Crippen molar-refractivity contribution in [1.29, 1.82) is 0 Å². The summed E-state index contributed by atoms with van der Waals surface area (Å²) >= 11 is 0. The summed E-state index contributed by atoms with van der Waals surface area (Å²) in [5.41, 5.74) is 5.66. The number of aromatic nitrogens is 1. The third-order valence-electron chi connectivity index (χ3n) is 7.29. The number of aliphatic imine (C=N–C) groups is 2. The second-order valence-corrected chi connectivity index (χ2v) is 9.89. The maximum absolute atomic E-state index is 6.51. The average molecular weight is 643 g/mol. The van der Waals surface area contributed by atoms with Crippen molar-refractivity contribution in [3.63, 3.8) is 0 Å². The summed E-state index contributed by atoms with van der Waals surface area (Å²) in [4.78, 5) is 15.0. The summed E-state index contributed by atoms with van der Waals surface area (Å²) in [5, 5.41) is 0. The van der Waals surface area contributed by atoms with Crippen LogP contribution in [0.3, 0.4) is 0 Å². The molecule has 0 spiro atoms. The van der Waals surface area contributed by atoms with Crippen molar-refractivity contribution < 1.29 is 52.8 Å². The van der Waals surface area contributed by atoms with E-state index in [2.05, 4.69) is 48.5 Å². The van der Waals surface area contributed by atoms with Gasteiger partial charge in [0.25, 0.3) is 0 Å². The first-order chi connectivity index (χ1) is 19.8. The summed E-state index contributed by atoms with van der Waals surface area (Å²) < 4.78 is 13.0. The van der Waals surface area contributed by atoms with E-state index in [1.807, 2.05) is 91.0 Å². The Balaban J connectivity index is 0.00000141. The van der Waals surface area contributed by atoms with Gasteiger partial charge in [0.05, 0.1) is 0 Å². The first kappa shape index (κ1) is 32.1. The number of pyridine rings is 1. The second kappa shape index (κ2) is 14.5. The normalized spacial score (nSPS) is 20.2. The molecule has 0 bridgehead atoms. The molecule has 3 heterocycles. The maximum atomic E-state index is 6.51. The van der Waals surface area contributed by atoms with Gasteiger partial charge in [-0.1, -0.05) is 127 Å². The Bertz CT molecular complexity index is 1550. The van der Waals surface area contributed by atoms with Crippen LogP contribution in [0, 0.1) is 0 Å². The number of benzene rings is 4. The number of nitrogens with zero attached hydrogens (tertiary/aromatic N) is 3. The molecule has 0 saturated carbocycles. The fourth-order valence-corrected chi connectivity index (χ4v) is 5.33. The van der Waals surface area contributed by atoms with Gasteiger partial charge < -0.3 is 34.3 Å². The van der Waals surface area contributed by atoms with Gasteiger partial charge in [0.15, 0.2) is 12.2 Å². The Labute approximate surface area is 275 Å². The van der Waals surface area contributed by atoms with Gasteiger partial charge in [0.2, 0.25) is 11.8 Å². The van der Waals surface area contributed by atoms with Crippen molar-refractivity contribution in [1.82, 2.24) is 4.98 Å². The van der Waals surface area contributed by atoms with E-state index < -0.39 is 0 Å². The molecule has 0 amide bonds. The molecule has 8 heteroatoms. The van der Waals surface area contributed by atoms with E-state index in [0.717, 1.165) is 22.3 Å². The summed E-state index contributed by atoms with van der Waals surface area (Å²) in [6, 6.07) is 46.4. The van der Waals surface area contributed by atoms with Gasteiger partial charge >= 0.3 is 18.6 Å². The summed E-state index contributed by atoms with van der Waals surface area (Å²) in [6.07, 6.45) is -0.483. The van der Waals surface area contributed by atoms with E-state index >= 15 is 0 Å². The standard InChI is InChI=1S/C35H27N3O2.2ClH.V/c1-5-14-24(15-6-1)30-32(26-18-9-3-10-19-26)39-34(37-30)28-22-13-23-29(36-28)35-38-31(25-16-7-2-8-17-25)33(40-35)27-20-11-4-12-21-27;;;/h1-23,30-33H;2*1H;/q;;;+2/p-2. The fourth-order valence-electron chi connectivity index (χ4n) is 5.33. The molecule has 0 saturated heterocycles. The number of hydrogen-bond acceptors (Lipinski definition) is 5. The minimum atomic E-state index is -0.242. The Morgan fingerprint density at radius 3 is 1.07 bits per heavy atom. The van der Waals surface area contributed by atoms with Gasteiger partial charge in [-0.3, -0.25) is 0 Å². The molecule has 2 aliphatic heterocycles. The van der Waals surface area contributed by atoms with E-state index in [1.165, 1.54) is 0 Å². The van der Waals surface area contributed by atoms with Gasteiger partial charge in [0.1, 0.15) is 23.5 Å². The molecular weight excluding hydrogens is 616 g/mol. The van der Waals surface area contributed by atoms with Crippen LogP contribution < -0.4 is 24.8 Å². The van der Waals surface area contributed by atoms with E-state index in [1.54, 1.807) is 0 Å². The van der Waals surface area contributed by atoms with Gasteiger partial charge in [-0.2, -0.15) is 0 Å². The molecule has 4 unspecified atom stereocenters. The molecule has 4 aromatic carbocycles. The molecule has 2 aliphatic rings. The van der Waals surface area contributed by atoms with Crippen LogP contribution in [0.25, 0.3) is 0 Å². The monoisotopic (exact) mass is 642 g/mol. The number of halogens is 2. The van der Waals surface area contributed by atoms with Crippen LogP contribution in [0.4, 0.5) is 0 Å². The molecular formula is C35H27Cl2N3O2V. The third-order valence-corrected chi connectivity index (χ3v) is 7.29. The van der Waals surface area contributed by atoms with Crippen molar-refractivity contribution in [2.45, 2.75) is 24.3 Å². The largest absolute Gasteiger partial charge is 2.00 e. The minimum Gasteiger partial charge on any atom is -1.00 e. The molecule has 0 aliphatic carbocycles. The van der Waals surface area contributed by atoms with E-state index in [-0.39, 0.29) is 67.7 Å². The molecule has 7 rings (SSSR count). The summed E-state index contributed by atoms with van der Waals surface area (Å²) in [6.45, 7) is 0. The predicted octanol–water partition coefficient (Wildman–Crippen LogP) is 1.61. The Hall–Kier alpha value is -3.87. The molecule has 43 heavy (non-hydrogen) atoms. The Kier molecular flexibility index (Phi) is 10.8. The van der Waals surface area contributed by atoms with Crippen molar-refractivity contribution in [3.05, 3.63) is 173 Å². The Morgan fingerprint density at radius 1 is 0.395 bits per heavy atom. The van der Waals surface area contributed by atoms with Crippen LogP contribution in [0.2, 0.25) is 0 Å². The van der Waals surface area contributed by atoms with Crippen LogP contribution in [0.5, 0.6) is 0 Å². The van der Waals surface area contributed by atoms with Crippen molar-refractivity contribution in [2.24, 2.45) is 9.98 Å². The quantitative estimate of drug-likeness (QED) is 0.283. The molecule has 5 nitrogen and oxygen atoms in total. The molecule has 0 fully saturated rings. The Morgan fingerprint density at radius 2 is 0.721 bits per heavy atom. The SMILES string of the molecule is [Cl-].[Cl-].[V+2].c1ccc(C2N=C(c3cccc(C4=NC(c5ccccc5)C(c5ccccc5)O4)n3)OC2c2ccccc2)cc1. The molecule has 4 atom stereocenters. The number of rotatable bonds is 6. The van der Waals surface area contributed by atoms with Crippen molar-refractivity contribution in [2.75, 3.05) is 0 Å². The summed E-state index contributed by atoms with van der Waals surface area (Å²) in [7, 11) is 0. The van der Waals surface area contributed by atoms with Gasteiger partial charge in [-0.25, -0.2) is 15.0 Å². The molecule has 213 valence electrons. The zero-order chi connectivity index (χ0) is 26.7. The molecule has 1 aromatic heterocycles. The first-order valence-electron chi connectivity index (χ1n) is 13.5. The molecule has 5 aromatic rings.